The monoisotopic (exact) mass is 302 g/mol. The van der Waals surface area contributed by atoms with Crippen molar-refractivity contribution in [1.29, 1.82) is 0 Å². The number of rotatable bonds is 8. The molecule has 18 heavy (non-hydrogen) atoms. The van der Waals surface area contributed by atoms with Gasteiger partial charge in [-0.1, -0.05) is 45.9 Å². The molecule has 98 valence electrons. The topological polar surface area (TPSA) is 17.1 Å². The molecule has 1 aromatic carbocycles. The van der Waals surface area contributed by atoms with E-state index in [0.29, 0.717) is 11.5 Å². The van der Waals surface area contributed by atoms with Crippen molar-refractivity contribution < 1.29 is 8.60 Å². The van der Waals surface area contributed by atoms with Crippen molar-refractivity contribution in [3.63, 3.8) is 0 Å². The van der Waals surface area contributed by atoms with E-state index in [-0.39, 0.29) is 5.82 Å². The average Bonchev–Trinajstić information content (AvgIpc) is 2.36. The fourth-order valence-corrected chi connectivity index (χ4v) is 3.67. The summed E-state index contributed by atoms with van der Waals surface area (Å²) in [7, 11) is 2.43. The molecule has 0 aliphatic carbocycles. The van der Waals surface area contributed by atoms with Crippen molar-refractivity contribution in [2.45, 2.75) is 5.75 Å². The highest BCUT2D eigenvalue weighted by Crippen LogP contribution is 2.26. The maximum atomic E-state index is 12.7. The van der Waals surface area contributed by atoms with Gasteiger partial charge >= 0.3 is 0 Å². The van der Waals surface area contributed by atoms with E-state index in [4.69, 9.17) is 0 Å². The molecule has 0 fully saturated rings. The van der Waals surface area contributed by atoms with Crippen LogP contribution in [0.4, 0.5) is 4.39 Å². The summed E-state index contributed by atoms with van der Waals surface area (Å²) in [6, 6.07) is 6.50. The summed E-state index contributed by atoms with van der Waals surface area (Å²) in [5.41, 5.74) is 1.09. The van der Waals surface area contributed by atoms with Crippen LogP contribution < -0.4 is 0 Å². The molecule has 1 atom stereocenters. The molecule has 1 unspecified atom stereocenters. The Bertz CT molecular complexity index is 415. The van der Waals surface area contributed by atoms with Crippen LogP contribution in [0.25, 0.3) is 0 Å². The molecule has 0 spiro atoms. The van der Waals surface area contributed by atoms with E-state index >= 15 is 0 Å². The summed E-state index contributed by atoms with van der Waals surface area (Å²) in [5, 5.41) is 1.94. The van der Waals surface area contributed by atoms with E-state index in [2.05, 4.69) is 6.58 Å². The van der Waals surface area contributed by atoms with Gasteiger partial charge < -0.3 is 0 Å². The van der Waals surface area contributed by atoms with E-state index in [1.54, 1.807) is 39.8 Å². The highest BCUT2D eigenvalue weighted by Gasteiger charge is 1.94. The highest BCUT2D eigenvalue weighted by molar-refractivity contribution is 8.77. The van der Waals surface area contributed by atoms with Gasteiger partial charge in [-0.25, -0.2) is 4.39 Å². The Morgan fingerprint density at radius 2 is 2.00 bits per heavy atom. The summed E-state index contributed by atoms with van der Waals surface area (Å²) < 4.78 is 23.9. The molecule has 0 amide bonds. The SMILES string of the molecule is C=CCS(=O)C/C=C/SSCc1ccc(F)cc1. The first-order valence-electron chi connectivity index (χ1n) is 5.36. The molecule has 1 aromatic rings. The molecule has 0 heterocycles. The van der Waals surface area contributed by atoms with Crippen molar-refractivity contribution in [3.8, 4) is 0 Å². The molecule has 5 heteroatoms. The summed E-state index contributed by atoms with van der Waals surface area (Å²) in [5.74, 6) is 1.72. The Morgan fingerprint density at radius 1 is 1.28 bits per heavy atom. The van der Waals surface area contributed by atoms with E-state index in [0.717, 1.165) is 11.3 Å². The van der Waals surface area contributed by atoms with Crippen molar-refractivity contribution in [2.24, 2.45) is 0 Å². The van der Waals surface area contributed by atoms with Crippen LogP contribution in [-0.2, 0) is 16.6 Å². The van der Waals surface area contributed by atoms with Gasteiger partial charge in [0.2, 0.25) is 0 Å². The molecule has 1 rings (SSSR count). The minimum atomic E-state index is -0.833. The van der Waals surface area contributed by atoms with Gasteiger partial charge in [0.25, 0.3) is 0 Å². The zero-order valence-electron chi connectivity index (χ0n) is 9.88. The van der Waals surface area contributed by atoms with Crippen LogP contribution in [0.15, 0.2) is 48.4 Å². The zero-order chi connectivity index (χ0) is 13.2. The minimum Gasteiger partial charge on any atom is -0.259 e. The second-order valence-electron chi connectivity index (χ2n) is 3.42. The fourth-order valence-electron chi connectivity index (χ4n) is 1.11. The molecule has 0 aromatic heterocycles. The minimum absolute atomic E-state index is 0.207. The van der Waals surface area contributed by atoms with Crippen LogP contribution in [0.5, 0.6) is 0 Å². The van der Waals surface area contributed by atoms with Gasteiger partial charge in [0, 0.05) is 28.1 Å². The molecule has 0 bridgehead atoms. The Kier molecular flexibility index (Phi) is 8.13. The van der Waals surface area contributed by atoms with Crippen molar-refractivity contribution in [3.05, 3.63) is 59.8 Å². The summed E-state index contributed by atoms with van der Waals surface area (Å²) in [4.78, 5) is 0. The molecule has 0 saturated heterocycles. The summed E-state index contributed by atoms with van der Waals surface area (Å²) >= 11 is 0. The van der Waals surface area contributed by atoms with Crippen LogP contribution in [0, 0.1) is 5.82 Å². The maximum absolute atomic E-state index is 12.7. The Balaban J connectivity index is 2.15. The average molecular weight is 302 g/mol. The third kappa shape index (κ3) is 7.03. The lowest BCUT2D eigenvalue weighted by atomic mass is 10.2. The van der Waals surface area contributed by atoms with Gasteiger partial charge in [0.05, 0.1) is 0 Å². The van der Waals surface area contributed by atoms with Gasteiger partial charge in [-0.3, -0.25) is 4.21 Å². The van der Waals surface area contributed by atoms with Gasteiger partial charge in [-0.2, -0.15) is 0 Å². The zero-order valence-corrected chi connectivity index (χ0v) is 12.3. The summed E-state index contributed by atoms with van der Waals surface area (Å²) in [6.45, 7) is 3.54. The van der Waals surface area contributed by atoms with Crippen molar-refractivity contribution >= 4 is 32.4 Å². The fraction of sp³-hybridized carbons (Fsp3) is 0.231. The number of hydrogen-bond acceptors (Lipinski definition) is 3. The molecule has 0 aliphatic rings. The van der Waals surface area contributed by atoms with Crippen molar-refractivity contribution in [2.75, 3.05) is 11.5 Å². The third-order valence-corrected chi connectivity index (χ3v) is 5.10. The van der Waals surface area contributed by atoms with Gasteiger partial charge in [0.15, 0.2) is 0 Å². The largest absolute Gasteiger partial charge is 0.259 e. The van der Waals surface area contributed by atoms with Crippen LogP contribution in [0.2, 0.25) is 0 Å². The lowest BCUT2D eigenvalue weighted by Crippen LogP contribution is -1.96. The standard InChI is InChI=1S/C13H15FOS3/c1-2-9-18(15)10-3-8-16-17-11-12-4-6-13(14)7-5-12/h2-8H,1,9-11H2/b8-3+. The second-order valence-corrected chi connectivity index (χ2v) is 7.24. The number of halogens is 1. The normalized spacial score (nSPS) is 12.7. The smallest absolute Gasteiger partial charge is 0.123 e. The molecular weight excluding hydrogens is 287 g/mol. The lowest BCUT2D eigenvalue weighted by molar-refractivity contribution is 0.627. The molecule has 0 N–H and O–H groups in total. The molecule has 0 saturated carbocycles. The van der Waals surface area contributed by atoms with Gasteiger partial charge in [-0.15, -0.1) is 6.58 Å². The van der Waals surface area contributed by atoms with Crippen LogP contribution >= 0.6 is 21.6 Å². The van der Waals surface area contributed by atoms with Gasteiger partial charge in [0.1, 0.15) is 5.82 Å². The quantitative estimate of drug-likeness (QED) is 0.408. The highest BCUT2D eigenvalue weighted by atomic mass is 33.1. The molecular formula is C13H15FOS3. The van der Waals surface area contributed by atoms with Crippen LogP contribution in [0.3, 0.4) is 0 Å². The lowest BCUT2D eigenvalue weighted by Gasteiger charge is -1.98. The first kappa shape index (κ1) is 15.5. The van der Waals surface area contributed by atoms with Crippen molar-refractivity contribution in [1.82, 2.24) is 0 Å². The van der Waals surface area contributed by atoms with Crippen LogP contribution in [-0.4, -0.2) is 15.7 Å². The summed E-state index contributed by atoms with van der Waals surface area (Å²) in [6.07, 6.45) is 3.57. The van der Waals surface area contributed by atoms with E-state index < -0.39 is 10.8 Å². The Labute approximate surface area is 118 Å². The number of benzene rings is 1. The first-order valence-corrected chi connectivity index (χ1v) is 9.23. The van der Waals surface area contributed by atoms with E-state index in [1.165, 1.54) is 12.1 Å². The number of hydrogen-bond donors (Lipinski definition) is 0. The molecule has 0 radical (unpaired) electrons. The molecule has 1 nitrogen and oxygen atoms in total. The van der Waals surface area contributed by atoms with Gasteiger partial charge in [-0.05, 0) is 23.1 Å². The van der Waals surface area contributed by atoms with E-state index in [9.17, 15) is 8.60 Å². The predicted molar refractivity (Wildman–Crippen MR) is 82.5 cm³/mol. The third-order valence-electron chi connectivity index (χ3n) is 1.94. The Morgan fingerprint density at radius 3 is 2.67 bits per heavy atom. The Hall–Kier alpha value is -0.520. The second kappa shape index (κ2) is 9.42. The van der Waals surface area contributed by atoms with Crippen LogP contribution in [0.1, 0.15) is 5.56 Å². The maximum Gasteiger partial charge on any atom is 0.123 e. The van der Waals surface area contributed by atoms with E-state index in [1.807, 2.05) is 11.5 Å². The first-order chi connectivity index (χ1) is 8.72. The molecule has 0 aliphatic heterocycles. The predicted octanol–water partition coefficient (Wildman–Crippen LogP) is 4.16.